The van der Waals surface area contributed by atoms with Crippen LogP contribution in [0.1, 0.15) is 26.3 Å². The molecule has 0 radical (unpaired) electrons. The Morgan fingerprint density at radius 2 is 1.86 bits per heavy atom. The molecule has 1 saturated heterocycles. The average molecular weight is 314 g/mol. The van der Waals surface area contributed by atoms with Crippen molar-refractivity contribution in [2.45, 2.75) is 38.6 Å². The van der Waals surface area contributed by atoms with E-state index in [0.29, 0.717) is 24.7 Å². The minimum atomic E-state index is -3.35. The number of piperazine rings is 1. The van der Waals surface area contributed by atoms with Crippen molar-refractivity contribution in [2.75, 3.05) is 19.6 Å². The van der Waals surface area contributed by atoms with Crippen LogP contribution in [0.4, 0.5) is 4.39 Å². The van der Waals surface area contributed by atoms with Gasteiger partial charge in [-0.3, -0.25) is 4.90 Å². The molecular weight excluding hydrogens is 291 g/mol. The molecular formula is C15H23FN2O2S. The molecule has 4 nitrogen and oxygen atoms in total. The molecule has 0 saturated carbocycles. The second kappa shape index (κ2) is 6.42. The van der Waals surface area contributed by atoms with E-state index >= 15 is 0 Å². The first-order valence-corrected chi connectivity index (χ1v) is 8.88. The molecule has 0 spiro atoms. The highest BCUT2D eigenvalue weighted by molar-refractivity contribution is 7.88. The zero-order valence-electron chi connectivity index (χ0n) is 12.8. The van der Waals surface area contributed by atoms with Crippen LogP contribution >= 0.6 is 0 Å². The van der Waals surface area contributed by atoms with Crippen molar-refractivity contribution >= 4 is 10.0 Å². The summed E-state index contributed by atoms with van der Waals surface area (Å²) in [7, 11) is -3.35. The van der Waals surface area contributed by atoms with E-state index in [1.807, 2.05) is 0 Å². The molecule has 0 aromatic heterocycles. The number of rotatable bonds is 4. The maximum Gasteiger partial charge on any atom is 0.218 e. The second-order valence-corrected chi connectivity index (χ2v) is 7.89. The van der Waals surface area contributed by atoms with Gasteiger partial charge in [0.15, 0.2) is 0 Å². The summed E-state index contributed by atoms with van der Waals surface area (Å²) in [6, 6.07) is 6.28. The summed E-state index contributed by atoms with van der Waals surface area (Å²) in [5, 5.41) is 0. The standard InChI is InChI=1S/C15H23FN2O2S/c1-12(2)18-9-8-17(10-13(18)3)21(19,20)11-14-4-6-15(16)7-5-14/h4-7,12-13H,8-11H2,1-3H3. The molecule has 1 aliphatic rings. The molecule has 1 heterocycles. The van der Waals surface area contributed by atoms with Gasteiger partial charge in [-0.15, -0.1) is 0 Å². The van der Waals surface area contributed by atoms with Crippen LogP contribution in [0.5, 0.6) is 0 Å². The normalized spacial score (nSPS) is 21.9. The van der Waals surface area contributed by atoms with E-state index < -0.39 is 10.0 Å². The van der Waals surface area contributed by atoms with Gasteiger partial charge in [0.25, 0.3) is 0 Å². The van der Waals surface area contributed by atoms with Crippen molar-refractivity contribution in [1.29, 1.82) is 0 Å². The number of hydrogen-bond donors (Lipinski definition) is 0. The third-order valence-corrected chi connectivity index (χ3v) is 5.78. The molecule has 0 aliphatic carbocycles. The van der Waals surface area contributed by atoms with E-state index in [2.05, 4.69) is 25.7 Å². The van der Waals surface area contributed by atoms with Crippen molar-refractivity contribution in [1.82, 2.24) is 9.21 Å². The minimum absolute atomic E-state index is 0.0678. The van der Waals surface area contributed by atoms with Gasteiger partial charge < -0.3 is 0 Å². The van der Waals surface area contributed by atoms with Gasteiger partial charge in [-0.25, -0.2) is 12.8 Å². The Morgan fingerprint density at radius 1 is 1.24 bits per heavy atom. The lowest BCUT2D eigenvalue weighted by atomic mass is 10.2. The molecule has 118 valence electrons. The van der Waals surface area contributed by atoms with Gasteiger partial charge in [0, 0.05) is 31.7 Å². The summed E-state index contributed by atoms with van der Waals surface area (Å²) in [5.74, 6) is -0.419. The Labute approximate surface area is 126 Å². The largest absolute Gasteiger partial charge is 0.296 e. The summed E-state index contributed by atoms with van der Waals surface area (Å²) in [6.07, 6.45) is 0. The van der Waals surface area contributed by atoms with Crippen LogP contribution in [0.25, 0.3) is 0 Å². The van der Waals surface area contributed by atoms with Crippen molar-refractivity contribution in [3.05, 3.63) is 35.6 Å². The summed E-state index contributed by atoms with van der Waals surface area (Å²) >= 11 is 0. The topological polar surface area (TPSA) is 40.6 Å². The first kappa shape index (κ1) is 16.4. The van der Waals surface area contributed by atoms with Gasteiger partial charge in [0.1, 0.15) is 5.82 Å². The van der Waals surface area contributed by atoms with Crippen LogP contribution < -0.4 is 0 Å². The lowest BCUT2D eigenvalue weighted by Crippen LogP contribution is -2.55. The maximum absolute atomic E-state index is 12.9. The van der Waals surface area contributed by atoms with E-state index in [9.17, 15) is 12.8 Å². The van der Waals surface area contributed by atoms with E-state index in [0.717, 1.165) is 6.54 Å². The summed E-state index contributed by atoms with van der Waals surface area (Å²) in [4.78, 5) is 2.31. The highest BCUT2D eigenvalue weighted by atomic mass is 32.2. The fourth-order valence-corrected chi connectivity index (χ4v) is 4.44. The smallest absolute Gasteiger partial charge is 0.218 e. The zero-order chi connectivity index (χ0) is 15.6. The SMILES string of the molecule is CC(C)N1CCN(S(=O)(=O)Cc2ccc(F)cc2)CC1C. The predicted octanol–water partition coefficient (Wildman–Crippen LogP) is 2.07. The summed E-state index contributed by atoms with van der Waals surface area (Å²) in [6.45, 7) is 8.09. The molecule has 0 amide bonds. The Bertz CT molecular complexity index is 572. The van der Waals surface area contributed by atoms with E-state index in [4.69, 9.17) is 0 Å². The van der Waals surface area contributed by atoms with Gasteiger partial charge >= 0.3 is 0 Å². The molecule has 0 N–H and O–H groups in total. The molecule has 1 unspecified atom stereocenters. The van der Waals surface area contributed by atoms with Crippen LogP contribution in [0, 0.1) is 5.82 Å². The zero-order valence-corrected chi connectivity index (χ0v) is 13.6. The number of benzene rings is 1. The van der Waals surface area contributed by atoms with E-state index in [1.165, 1.54) is 24.3 Å². The second-order valence-electron chi connectivity index (χ2n) is 5.92. The number of sulfonamides is 1. The Balaban J connectivity index is 2.05. The van der Waals surface area contributed by atoms with Crippen LogP contribution in [0.15, 0.2) is 24.3 Å². The number of halogens is 1. The molecule has 6 heteroatoms. The van der Waals surface area contributed by atoms with Crippen molar-refractivity contribution in [3.63, 3.8) is 0 Å². The number of hydrogen-bond acceptors (Lipinski definition) is 3. The van der Waals surface area contributed by atoms with Crippen LogP contribution in [0.3, 0.4) is 0 Å². The van der Waals surface area contributed by atoms with Crippen molar-refractivity contribution in [3.8, 4) is 0 Å². The third kappa shape index (κ3) is 4.02. The predicted molar refractivity (Wildman–Crippen MR) is 81.9 cm³/mol. The minimum Gasteiger partial charge on any atom is -0.296 e. The monoisotopic (exact) mass is 314 g/mol. The van der Waals surface area contributed by atoms with Gasteiger partial charge in [-0.2, -0.15) is 4.31 Å². The molecule has 1 fully saturated rings. The summed E-state index contributed by atoms with van der Waals surface area (Å²) in [5.41, 5.74) is 0.621. The first-order chi connectivity index (χ1) is 9.79. The Hall–Kier alpha value is -0.980. The van der Waals surface area contributed by atoms with E-state index in [1.54, 1.807) is 4.31 Å². The number of nitrogens with zero attached hydrogens (tertiary/aromatic N) is 2. The Kier molecular flexibility index (Phi) is 5.01. The lowest BCUT2D eigenvalue weighted by molar-refractivity contribution is 0.0980. The molecule has 0 bridgehead atoms. The van der Waals surface area contributed by atoms with Gasteiger partial charge in [-0.1, -0.05) is 12.1 Å². The van der Waals surface area contributed by atoms with Crippen LogP contribution in [-0.2, 0) is 15.8 Å². The average Bonchev–Trinajstić information content (AvgIpc) is 2.40. The molecule has 1 atom stereocenters. The molecule has 2 rings (SSSR count). The highest BCUT2D eigenvalue weighted by Crippen LogP contribution is 2.18. The third-order valence-electron chi connectivity index (χ3n) is 3.96. The van der Waals surface area contributed by atoms with Gasteiger partial charge in [0.05, 0.1) is 5.75 Å². The maximum atomic E-state index is 12.9. The molecule has 1 aromatic rings. The van der Waals surface area contributed by atoms with Gasteiger partial charge in [-0.05, 0) is 38.5 Å². The Morgan fingerprint density at radius 3 is 2.38 bits per heavy atom. The molecule has 21 heavy (non-hydrogen) atoms. The molecule has 1 aliphatic heterocycles. The lowest BCUT2D eigenvalue weighted by Gasteiger charge is -2.41. The van der Waals surface area contributed by atoms with Crippen LogP contribution in [0.2, 0.25) is 0 Å². The first-order valence-electron chi connectivity index (χ1n) is 7.27. The van der Waals surface area contributed by atoms with E-state index in [-0.39, 0.29) is 17.6 Å². The van der Waals surface area contributed by atoms with Crippen LogP contribution in [-0.4, -0.2) is 49.3 Å². The quantitative estimate of drug-likeness (QED) is 0.854. The van der Waals surface area contributed by atoms with Crippen molar-refractivity contribution in [2.24, 2.45) is 0 Å². The fourth-order valence-electron chi connectivity index (χ4n) is 2.84. The fraction of sp³-hybridized carbons (Fsp3) is 0.600. The highest BCUT2D eigenvalue weighted by Gasteiger charge is 2.32. The summed E-state index contributed by atoms with van der Waals surface area (Å²) < 4.78 is 39.4. The van der Waals surface area contributed by atoms with Crippen molar-refractivity contribution < 1.29 is 12.8 Å². The van der Waals surface area contributed by atoms with Gasteiger partial charge in [0.2, 0.25) is 10.0 Å². The molecule has 1 aromatic carbocycles.